The van der Waals surface area contributed by atoms with Crippen LogP contribution in [0.2, 0.25) is 5.02 Å². The van der Waals surface area contributed by atoms with Crippen LogP contribution in [0, 0.1) is 0 Å². The van der Waals surface area contributed by atoms with Crippen molar-refractivity contribution in [1.29, 1.82) is 0 Å². The van der Waals surface area contributed by atoms with Gasteiger partial charge >= 0.3 is 0 Å². The number of likely N-dealkylation sites (N-methyl/N-ethyl adjacent to an activating group) is 1. The fraction of sp³-hybridized carbons (Fsp3) is 0.350. The van der Waals surface area contributed by atoms with E-state index >= 15 is 0 Å². The van der Waals surface area contributed by atoms with Gasteiger partial charge in [-0.3, -0.25) is 4.98 Å². The Morgan fingerprint density at radius 2 is 2.11 bits per heavy atom. The number of hydrogen-bond acceptors (Lipinski definition) is 4. The summed E-state index contributed by atoms with van der Waals surface area (Å²) >= 11 is 6.02. The lowest BCUT2D eigenvalue weighted by Crippen LogP contribution is -2.30. The molecule has 1 aromatic carbocycles. The highest BCUT2D eigenvalue weighted by molar-refractivity contribution is 7.90. The predicted molar refractivity (Wildman–Crippen MR) is 108 cm³/mol. The zero-order valence-corrected chi connectivity index (χ0v) is 16.7. The van der Waals surface area contributed by atoms with Gasteiger partial charge in [0, 0.05) is 23.5 Å². The van der Waals surface area contributed by atoms with Crippen LogP contribution in [0.3, 0.4) is 0 Å². The Hall–Kier alpha value is -1.89. The van der Waals surface area contributed by atoms with E-state index < -0.39 is 10.0 Å². The Morgan fingerprint density at radius 1 is 1.26 bits per heavy atom. The van der Waals surface area contributed by atoms with E-state index in [1.807, 2.05) is 0 Å². The van der Waals surface area contributed by atoms with E-state index in [2.05, 4.69) is 16.8 Å². The smallest absolute Gasteiger partial charge is 0.268 e. The maximum Gasteiger partial charge on any atom is 0.268 e. The Morgan fingerprint density at radius 3 is 2.89 bits per heavy atom. The van der Waals surface area contributed by atoms with Gasteiger partial charge in [-0.2, -0.15) is 0 Å². The Kier molecular flexibility index (Phi) is 4.97. The Labute approximate surface area is 164 Å². The summed E-state index contributed by atoms with van der Waals surface area (Å²) in [6, 6.07) is 10.4. The zero-order chi connectivity index (χ0) is 19.0. The molecule has 1 unspecified atom stereocenters. The van der Waals surface area contributed by atoms with Gasteiger partial charge in [0.25, 0.3) is 10.0 Å². The number of pyridine rings is 1. The van der Waals surface area contributed by atoms with Crippen LogP contribution in [0.5, 0.6) is 0 Å². The molecule has 0 amide bonds. The molecular weight excluding hydrogens is 382 g/mol. The number of halogens is 1. The molecule has 2 aromatic heterocycles. The summed E-state index contributed by atoms with van der Waals surface area (Å²) < 4.78 is 27.8. The second-order valence-corrected chi connectivity index (χ2v) is 9.16. The number of nitrogens with zero attached hydrogens (tertiary/aromatic N) is 3. The highest BCUT2D eigenvalue weighted by Crippen LogP contribution is 2.29. The van der Waals surface area contributed by atoms with Gasteiger partial charge in [0.05, 0.1) is 15.9 Å². The highest BCUT2D eigenvalue weighted by Gasteiger charge is 2.27. The molecule has 0 radical (unpaired) electrons. The Balaban J connectivity index is 1.80. The van der Waals surface area contributed by atoms with Crippen molar-refractivity contribution in [3.8, 4) is 0 Å². The van der Waals surface area contributed by atoms with Gasteiger partial charge in [0.2, 0.25) is 0 Å². The molecule has 1 fully saturated rings. The molecule has 3 aromatic rings. The summed E-state index contributed by atoms with van der Waals surface area (Å²) in [4.78, 5) is 7.12. The van der Waals surface area contributed by atoms with Gasteiger partial charge in [-0.1, -0.05) is 24.6 Å². The quantitative estimate of drug-likeness (QED) is 0.647. The molecule has 142 valence electrons. The van der Waals surface area contributed by atoms with Gasteiger partial charge in [0.1, 0.15) is 0 Å². The summed E-state index contributed by atoms with van der Waals surface area (Å²) in [5, 5.41) is 0.399. The first-order valence-corrected chi connectivity index (χ1v) is 11.0. The molecule has 1 atom stereocenters. The first kappa shape index (κ1) is 18.5. The summed E-state index contributed by atoms with van der Waals surface area (Å²) in [6.45, 7) is 4.29. The van der Waals surface area contributed by atoms with E-state index in [1.54, 1.807) is 42.7 Å². The average molecular weight is 404 g/mol. The summed E-state index contributed by atoms with van der Waals surface area (Å²) in [5.41, 5.74) is 2.33. The van der Waals surface area contributed by atoms with Gasteiger partial charge in [-0.25, -0.2) is 12.4 Å². The summed E-state index contributed by atoms with van der Waals surface area (Å²) in [6.07, 6.45) is 6.58. The topological polar surface area (TPSA) is 55.2 Å². The van der Waals surface area contributed by atoms with Crippen molar-refractivity contribution < 1.29 is 8.42 Å². The van der Waals surface area contributed by atoms with Gasteiger partial charge in [-0.15, -0.1) is 0 Å². The lowest BCUT2D eigenvalue weighted by Gasteiger charge is -2.22. The van der Waals surface area contributed by atoms with Crippen molar-refractivity contribution in [2.75, 3.05) is 13.1 Å². The second kappa shape index (κ2) is 7.26. The van der Waals surface area contributed by atoms with Gasteiger partial charge < -0.3 is 4.90 Å². The van der Waals surface area contributed by atoms with Crippen LogP contribution in [0.15, 0.2) is 53.7 Å². The minimum Gasteiger partial charge on any atom is -0.300 e. The van der Waals surface area contributed by atoms with E-state index in [-0.39, 0.29) is 4.90 Å². The molecule has 0 bridgehead atoms. The van der Waals surface area contributed by atoms with Crippen molar-refractivity contribution in [1.82, 2.24) is 13.9 Å². The molecule has 0 N–H and O–H groups in total. The molecular formula is C20H22ClN3O2S. The molecule has 1 aliphatic rings. The van der Waals surface area contributed by atoms with Crippen molar-refractivity contribution >= 4 is 32.7 Å². The number of hydrogen-bond donors (Lipinski definition) is 0. The van der Waals surface area contributed by atoms with Crippen molar-refractivity contribution in [2.45, 2.75) is 37.1 Å². The average Bonchev–Trinajstić information content (AvgIpc) is 3.27. The fourth-order valence-electron chi connectivity index (χ4n) is 3.98. The van der Waals surface area contributed by atoms with E-state index in [9.17, 15) is 8.42 Å². The van der Waals surface area contributed by atoms with E-state index in [1.165, 1.54) is 16.5 Å². The van der Waals surface area contributed by atoms with Crippen LogP contribution in [0.4, 0.5) is 0 Å². The number of benzene rings is 1. The molecule has 3 heterocycles. The van der Waals surface area contributed by atoms with E-state index in [0.29, 0.717) is 16.6 Å². The van der Waals surface area contributed by atoms with Crippen molar-refractivity contribution in [3.05, 3.63) is 59.4 Å². The van der Waals surface area contributed by atoms with E-state index in [0.717, 1.165) is 37.0 Å². The van der Waals surface area contributed by atoms with Crippen LogP contribution < -0.4 is 0 Å². The largest absolute Gasteiger partial charge is 0.300 e. The number of fused-ring (bicyclic) bond motifs is 1. The Bertz CT molecular complexity index is 1080. The lowest BCUT2D eigenvalue weighted by atomic mass is 10.1. The van der Waals surface area contributed by atoms with Crippen LogP contribution in [0.1, 0.15) is 25.3 Å². The molecule has 27 heavy (non-hydrogen) atoms. The molecule has 5 nitrogen and oxygen atoms in total. The van der Waals surface area contributed by atoms with E-state index in [4.69, 9.17) is 11.6 Å². The zero-order valence-electron chi connectivity index (χ0n) is 15.2. The second-order valence-electron chi connectivity index (χ2n) is 6.91. The minimum atomic E-state index is -3.74. The number of aromatic nitrogens is 2. The SMILES string of the molecule is CCN1CCCC1Cc1cn(S(=O)(=O)c2cccc(Cl)c2)c2cccnc12. The maximum absolute atomic E-state index is 13.2. The van der Waals surface area contributed by atoms with Crippen LogP contribution in [-0.4, -0.2) is 41.4 Å². The van der Waals surface area contributed by atoms with Crippen LogP contribution in [-0.2, 0) is 16.4 Å². The van der Waals surface area contributed by atoms with Crippen LogP contribution >= 0.6 is 11.6 Å². The monoisotopic (exact) mass is 403 g/mol. The normalized spacial score (nSPS) is 18.4. The van der Waals surface area contributed by atoms with Gasteiger partial charge in [-0.05, 0) is 68.2 Å². The number of likely N-dealkylation sites (tertiary alicyclic amines) is 1. The van der Waals surface area contributed by atoms with Crippen molar-refractivity contribution in [2.24, 2.45) is 0 Å². The lowest BCUT2D eigenvalue weighted by molar-refractivity contribution is 0.266. The minimum absolute atomic E-state index is 0.179. The maximum atomic E-state index is 13.2. The highest BCUT2D eigenvalue weighted by atomic mass is 35.5. The molecule has 0 aliphatic carbocycles. The third-order valence-electron chi connectivity index (χ3n) is 5.31. The predicted octanol–water partition coefficient (Wildman–Crippen LogP) is 3.95. The van der Waals surface area contributed by atoms with Crippen molar-refractivity contribution in [3.63, 3.8) is 0 Å². The summed E-state index contributed by atoms with van der Waals surface area (Å²) in [5.74, 6) is 0. The molecule has 0 saturated carbocycles. The first-order chi connectivity index (χ1) is 13.0. The molecule has 4 rings (SSSR count). The third-order valence-corrected chi connectivity index (χ3v) is 7.22. The molecule has 1 saturated heterocycles. The molecule has 0 spiro atoms. The molecule has 1 aliphatic heterocycles. The van der Waals surface area contributed by atoms with Gasteiger partial charge in [0.15, 0.2) is 0 Å². The first-order valence-electron chi connectivity index (χ1n) is 9.21. The fourth-order valence-corrected chi connectivity index (χ4v) is 5.66. The number of rotatable bonds is 5. The third kappa shape index (κ3) is 3.37. The summed E-state index contributed by atoms with van der Waals surface area (Å²) in [7, 11) is -3.74. The standard InChI is InChI=1S/C20H22ClN3O2S/c1-2-23-11-5-7-17(23)12-15-14-24(19-9-4-10-22-20(15)19)27(25,26)18-8-3-6-16(21)13-18/h3-4,6,8-10,13-14,17H,2,5,7,11-12H2,1H3. The molecule has 7 heteroatoms. The van der Waals surface area contributed by atoms with Crippen LogP contribution in [0.25, 0.3) is 11.0 Å².